The van der Waals surface area contributed by atoms with Gasteiger partial charge < -0.3 is 14.4 Å². The standard InChI is InChI=1S/C7H12ClN3O2/c1-11(4-5-12)7-10-9-6(13-7)2-3-8/h12H,2-5H2,1H3. The van der Waals surface area contributed by atoms with Gasteiger partial charge in [0.15, 0.2) is 0 Å². The van der Waals surface area contributed by atoms with Crippen molar-refractivity contribution in [3.05, 3.63) is 5.89 Å². The highest BCUT2D eigenvalue weighted by Crippen LogP contribution is 2.10. The van der Waals surface area contributed by atoms with Gasteiger partial charge in [-0.1, -0.05) is 5.10 Å². The van der Waals surface area contributed by atoms with E-state index in [4.69, 9.17) is 21.1 Å². The van der Waals surface area contributed by atoms with Gasteiger partial charge in [-0.3, -0.25) is 0 Å². The molecule has 0 fully saturated rings. The second-order valence-corrected chi connectivity index (χ2v) is 2.94. The highest BCUT2D eigenvalue weighted by atomic mass is 35.5. The van der Waals surface area contributed by atoms with Crippen LogP contribution in [0.5, 0.6) is 0 Å². The summed E-state index contributed by atoms with van der Waals surface area (Å²) in [6.07, 6.45) is 0.571. The minimum Gasteiger partial charge on any atom is -0.408 e. The van der Waals surface area contributed by atoms with E-state index in [0.717, 1.165) is 0 Å². The van der Waals surface area contributed by atoms with Gasteiger partial charge in [-0.25, -0.2) is 0 Å². The highest BCUT2D eigenvalue weighted by Gasteiger charge is 2.08. The quantitative estimate of drug-likeness (QED) is 0.700. The molecule has 1 rings (SSSR count). The van der Waals surface area contributed by atoms with E-state index in [-0.39, 0.29) is 6.61 Å². The molecular weight excluding hydrogens is 194 g/mol. The maximum atomic E-state index is 8.66. The first-order chi connectivity index (χ1) is 6.27. The van der Waals surface area contributed by atoms with E-state index in [1.807, 2.05) is 0 Å². The monoisotopic (exact) mass is 205 g/mol. The molecule has 0 spiro atoms. The lowest BCUT2D eigenvalue weighted by Gasteiger charge is -2.10. The van der Waals surface area contributed by atoms with E-state index < -0.39 is 0 Å². The van der Waals surface area contributed by atoms with Crippen LogP contribution in [0.3, 0.4) is 0 Å². The van der Waals surface area contributed by atoms with Crippen molar-refractivity contribution in [1.82, 2.24) is 10.2 Å². The summed E-state index contributed by atoms with van der Waals surface area (Å²) in [4.78, 5) is 1.69. The lowest BCUT2D eigenvalue weighted by atomic mass is 10.5. The van der Waals surface area contributed by atoms with Gasteiger partial charge in [0.2, 0.25) is 5.89 Å². The minimum atomic E-state index is 0.0592. The largest absolute Gasteiger partial charge is 0.408 e. The number of aliphatic hydroxyl groups is 1. The minimum absolute atomic E-state index is 0.0592. The molecule has 0 aliphatic carbocycles. The van der Waals surface area contributed by atoms with Crippen LogP contribution < -0.4 is 4.90 Å². The van der Waals surface area contributed by atoms with Crippen molar-refractivity contribution in [2.75, 3.05) is 31.0 Å². The average Bonchev–Trinajstić information content (AvgIpc) is 2.54. The summed E-state index contributed by atoms with van der Waals surface area (Å²) in [6.45, 7) is 0.534. The van der Waals surface area contributed by atoms with Gasteiger partial charge in [-0.15, -0.1) is 16.7 Å². The molecule has 5 nitrogen and oxygen atoms in total. The summed E-state index contributed by atoms with van der Waals surface area (Å²) >= 11 is 5.50. The summed E-state index contributed by atoms with van der Waals surface area (Å²) in [5.74, 6) is 0.987. The number of aliphatic hydroxyl groups excluding tert-OH is 1. The smallest absolute Gasteiger partial charge is 0.317 e. The number of halogens is 1. The molecule has 0 saturated carbocycles. The molecule has 0 bridgehead atoms. The highest BCUT2D eigenvalue weighted by molar-refractivity contribution is 6.17. The van der Waals surface area contributed by atoms with Gasteiger partial charge in [0, 0.05) is 25.9 Å². The first-order valence-corrected chi connectivity index (χ1v) is 4.51. The van der Waals surface area contributed by atoms with E-state index in [1.54, 1.807) is 11.9 Å². The number of hydrogen-bond donors (Lipinski definition) is 1. The van der Waals surface area contributed by atoms with E-state index in [1.165, 1.54) is 0 Å². The number of likely N-dealkylation sites (N-methyl/N-ethyl adjacent to an activating group) is 1. The van der Waals surface area contributed by atoms with Crippen molar-refractivity contribution in [3.8, 4) is 0 Å². The molecule has 6 heteroatoms. The molecule has 1 N–H and O–H groups in total. The number of alkyl halides is 1. The molecule has 0 unspecified atom stereocenters. The Balaban J connectivity index is 2.56. The predicted octanol–water partition coefficient (Wildman–Crippen LogP) is 0.279. The van der Waals surface area contributed by atoms with Crippen molar-refractivity contribution >= 4 is 17.6 Å². The molecule has 0 aliphatic rings. The maximum Gasteiger partial charge on any atom is 0.317 e. The van der Waals surface area contributed by atoms with Gasteiger partial charge in [0.25, 0.3) is 0 Å². The molecule has 0 saturated heterocycles. The van der Waals surface area contributed by atoms with Crippen molar-refractivity contribution in [3.63, 3.8) is 0 Å². The van der Waals surface area contributed by atoms with Gasteiger partial charge in [-0.2, -0.15) is 0 Å². The van der Waals surface area contributed by atoms with Crippen LogP contribution in [0.1, 0.15) is 5.89 Å². The van der Waals surface area contributed by atoms with E-state index >= 15 is 0 Å². The summed E-state index contributed by atoms with van der Waals surface area (Å²) in [7, 11) is 1.77. The third kappa shape index (κ3) is 2.86. The number of anilines is 1. The van der Waals surface area contributed by atoms with Crippen LogP contribution >= 0.6 is 11.6 Å². The zero-order valence-electron chi connectivity index (χ0n) is 7.40. The normalized spacial score (nSPS) is 10.4. The fourth-order valence-electron chi connectivity index (χ4n) is 0.827. The van der Waals surface area contributed by atoms with Gasteiger partial charge >= 0.3 is 6.01 Å². The van der Waals surface area contributed by atoms with Crippen LogP contribution in [0, 0.1) is 0 Å². The second-order valence-electron chi connectivity index (χ2n) is 2.56. The Morgan fingerprint density at radius 3 is 2.92 bits per heavy atom. The molecule has 13 heavy (non-hydrogen) atoms. The summed E-state index contributed by atoms with van der Waals surface area (Å²) in [5.41, 5.74) is 0. The van der Waals surface area contributed by atoms with Crippen molar-refractivity contribution in [2.24, 2.45) is 0 Å². The maximum absolute atomic E-state index is 8.66. The number of hydrogen-bond acceptors (Lipinski definition) is 5. The summed E-state index contributed by atoms with van der Waals surface area (Å²) in [5, 5.41) is 16.2. The molecule has 0 radical (unpaired) electrons. The first-order valence-electron chi connectivity index (χ1n) is 3.98. The van der Waals surface area contributed by atoms with Crippen LogP contribution in [0.25, 0.3) is 0 Å². The third-order valence-corrected chi connectivity index (χ3v) is 1.72. The second kappa shape index (κ2) is 5.04. The van der Waals surface area contributed by atoms with Gasteiger partial charge in [-0.05, 0) is 0 Å². The molecule has 1 aromatic rings. The fraction of sp³-hybridized carbons (Fsp3) is 0.714. The van der Waals surface area contributed by atoms with Crippen LogP contribution in [-0.2, 0) is 6.42 Å². The van der Waals surface area contributed by atoms with Crippen LogP contribution in [0.4, 0.5) is 6.01 Å². The lowest BCUT2D eigenvalue weighted by molar-refractivity contribution is 0.301. The molecule has 74 valence electrons. The first kappa shape index (κ1) is 10.3. The number of aromatic nitrogens is 2. The topological polar surface area (TPSA) is 62.4 Å². The van der Waals surface area contributed by atoms with Crippen LogP contribution in [0.15, 0.2) is 4.42 Å². The molecular formula is C7H12ClN3O2. The lowest BCUT2D eigenvalue weighted by Crippen LogP contribution is -2.21. The molecule has 0 amide bonds. The predicted molar refractivity (Wildman–Crippen MR) is 49.1 cm³/mol. The Hall–Kier alpha value is -0.810. The average molecular weight is 206 g/mol. The van der Waals surface area contributed by atoms with Crippen molar-refractivity contribution in [1.29, 1.82) is 0 Å². The molecule has 1 aromatic heterocycles. The molecule has 0 atom stereocenters. The van der Waals surface area contributed by atoms with E-state index in [9.17, 15) is 0 Å². The van der Waals surface area contributed by atoms with Gasteiger partial charge in [0.1, 0.15) is 0 Å². The SMILES string of the molecule is CN(CCO)c1nnc(CCCl)o1. The molecule has 0 aromatic carbocycles. The Morgan fingerprint density at radius 1 is 1.54 bits per heavy atom. The zero-order valence-corrected chi connectivity index (χ0v) is 8.16. The number of rotatable bonds is 5. The molecule has 0 aliphatic heterocycles. The fourth-order valence-corrected chi connectivity index (χ4v) is 0.988. The Bertz CT molecular complexity index is 254. The zero-order chi connectivity index (χ0) is 9.68. The molecule has 1 heterocycles. The number of aryl methyl sites for hydroxylation is 1. The Kier molecular flexibility index (Phi) is 3.98. The summed E-state index contributed by atoms with van der Waals surface area (Å²) in [6, 6.07) is 0.411. The van der Waals surface area contributed by atoms with Crippen molar-refractivity contribution in [2.45, 2.75) is 6.42 Å². The number of nitrogens with zero attached hydrogens (tertiary/aromatic N) is 3. The van der Waals surface area contributed by atoms with E-state index in [0.29, 0.717) is 30.8 Å². The van der Waals surface area contributed by atoms with E-state index in [2.05, 4.69) is 10.2 Å². The van der Waals surface area contributed by atoms with Crippen molar-refractivity contribution < 1.29 is 9.52 Å². The Labute approximate surface area is 81.3 Å². The Morgan fingerprint density at radius 2 is 2.31 bits per heavy atom. The van der Waals surface area contributed by atoms with Crippen LogP contribution in [-0.4, -0.2) is 41.4 Å². The third-order valence-electron chi connectivity index (χ3n) is 1.53. The van der Waals surface area contributed by atoms with Crippen LogP contribution in [0.2, 0.25) is 0 Å². The van der Waals surface area contributed by atoms with Gasteiger partial charge in [0.05, 0.1) is 6.61 Å². The summed E-state index contributed by atoms with van der Waals surface area (Å²) < 4.78 is 5.25.